The molecule has 2 nitrogen and oxygen atoms in total. The van der Waals surface area contributed by atoms with Crippen LogP contribution in [0, 0.1) is 5.41 Å². The van der Waals surface area contributed by atoms with Gasteiger partial charge in [-0.25, -0.2) is 0 Å². The molecule has 0 rings (SSSR count). The molecule has 0 heterocycles. The van der Waals surface area contributed by atoms with Gasteiger partial charge in [-0.1, -0.05) is 11.6 Å². The Morgan fingerprint density at radius 2 is 1.92 bits per heavy atom. The smallest absolute Gasteiger partial charge is 0.0515 e. The number of hydrogen-bond donors (Lipinski definition) is 2. The van der Waals surface area contributed by atoms with Crippen molar-refractivity contribution in [3.05, 3.63) is 24.8 Å². The van der Waals surface area contributed by atoms with Crippen molar-refractivity contribution in [2.24, 2.45) is 5.41 Å². The maximum Gasteiger partial charge on any atom is 0.0515 e. The summed E-state index contributed by atoms with van der Waals surface area (Å²) in [5.74, 6) is 0. The lowest BCUT2D eigenvalue weighted by molar-refractivity contribution is 0.0572. The number of hydrogen-bond acceptors (Lipinski definition) is 2. The number of rotatable bonds is 6. The zero-order chi connectivity index (χ0) is 9.61. The van der Waals surface area contributed by atoms with Gasteiger partial charge in [0.25, 0.3) is 0 Å². The summed E-state index contributed by atoms with van der Waals surface area (Å²) in [5, 5.41) is 18.2. The van der Waals surface area contributed by atoms with Gasteiger partial charge in [-0.2, -0.15) is 0 Å². The fraction of sp³-hybridized carbons (Fsp3) is 0.600. The molecule has 0 aromatic carbocycles. The SMILES string of the molecule is C=CCC(CO)(CO)CC(=C)C. The molecule has 2 N–H and O–H groups in total. The highest BCUT2D eigenvalue weighted by atomic mass is 16.3. The summed E-state index contributed by atoms with van der Waals surface area (Å²) in [6.07, 6.45) is 2.98. The molecular weight excluding hydrogens is 152 g/mol. The second-order valence-corrected chi connectivity index (χ2v) is 3.44. The van der Waals surface area contributed by atoms with Crippen LogP contribution in [0.1, 0.15) is 19.8 Å². The highest BCUT2D eigenvalue weighted by Crippen LogP contribution is 2.28. The Bertz CT molecular complexity index is 157. The lowest BCUT2D eigenvalue weighted by Gasteiger charge is -2.28. The Hall–Kier alpha value is -0.600. The second-order valence-electron chi connectivity index (χ2n) is 3.44. The lowest BCUT2D eigenvalue weighted by Crippen LogP contribution is -2.29. The summed E-state index contributed by atoms with van der Waals surface area (Å²) in [5.41, 5.74) is 0.521. The highest BCUT2D eigenvalue weighted by molar-refractivity contribution is 4.99. The molecule has 0 aliphatic rings. The first-order chi connectivity index (χ1) is 5.60. The van der Waals surface area contributed by atoms with Crippen LogP contribution in [-0.2, 0) is 0 Å². The lowest BCUT2D eigenvalue weighted by atomic mass is 9.80. The fourth-order valence-corrected chi connectivity index (χ4v) is 1.31. The maximum atomic E-state index is 9.11. The Labute approximate surface area is 74.2 Å². The average molecular weight is 170 g/mol. The zero-order valence-corrected chi connectivity index (χ0v) is 7.71. The minimum atomic E-state index is -0.451. The minimum Gasteiger partial charge on any atom is -0.396 e. The summed E-state index contributed by atoms with van der Waals surface area (Å²) in [4.78, 5) is 0. The van der Waals surface area contributed by atoms with Crippen LogP contribution in [0.25, 0.3) is 0 Å². The number of aliphatic hydroxyl groups is 2. The Kier molecular flexibility index (Phi) is 4.86. The van der Waals surface area contributed by atoms with Crippen molar-refractivity contribution in [3.63, 3.8) is 0 Å². The van der Waals surface area contributed by atoms with Crippen LogP contribution < -0.4 is 0 Å². The van der Waals surface area contributed by atoms with Crippen molar-refractivity contribution in [1.82, 2.24) is 0 Å². The molecule has 70 valence electrons. The summed E-state index contributed by atoms with van der Waals surface area (Å²) in [6.45, 7) is 9.20. The van der Waals surface area contributed by atoms with Gasteiger partial charge in [0.1, 0.15) is 0 Å². The van der Waals surface area contributed by atoms with Crippen LogP contribution in [-0.4, -0.2) is 23.4 Å². The number of aliphatic hydroxyl groups excluding tert-OH is 2. The van der Waals surface area contributed by atoms with Crippen molar-refractivity contribution in [2.75, 3.05) is 13.2 Å². The van der Waals surface area contributed by atoms with Crippen molar-refractivity contribution in [2.45, 2.75) is 19.8 Å². The third-order valence-corrected chi connectivity index (χ3v) is 1.92. The maximum absolute atomic E-state index is 9.11. The molecule has 0 aromatic heterocycles. The van der Waals surface area contributed by atoms with E-state index in [2.05, 4.69) is 13.2 Å². The summed E-state index contributed by atoms with van der Waals surface area (Å²) in [7, 11) is 0. The van der Waals surface area contributed by atoms with Gasteiger partial charge in [-0.05, 0) is 19.8 Å². The normalized spacial score (nSPS) is 11.2. The van der Waals surface area contributed by atoms with Crippen molar-refractivity contribution < 1.29 is 10.2 Å². The predicted octanol–water partition coefficient (Wildman–Crippen LogP) is 1.50. The molecule has 0 saturated heterocycles. The molecule has 0 fully saturated rings. The summed E-state index contributed by atoms with van der Waals surface area (Å²) >= 11 is 0. The molecule has 0 aliphatic carbocycles. The van der Waals surface area contributed by atoms with Gasteiger partial charge in [-0.15, -0.1) is 13.2 Å². The van der Waals surface area contributed by atoms with Crippen molar-refractivity contribution in [3.8, 4) is 0 Å². The molecule has 0 radical (unpaired) electrons. The fourth-order valence-electron chi connectivity index (χ4n) is 1.31. The van der Waals surface area contributed by atoms with Gasteiger partial charge in [0.15, 0.2) is 0 Å². The molecule has 2 heteroatoms. The molecule has 0 aromatic rings. The Balaban J connectivity index is 4.33. The van der Waals surface area contributed by atoms with E-state index in [1.54, 1.807) is 6.08 Å². The van der Waals surface area contributed by atoms with Crippen LogP contribution in [0.5, 0.6) is 0 Å². The molecule has 0 saturated carbocycles. The van der Waals surface area contributed by atoms with Crippen LogP contribution >= 0.6 is 0 Å². The van der Waals surface area contributed by atoms with Crippen molar-refractivity contribution >= 4 is 0 Å². The monoisotopic (exact) mass is 170 g/mol. The van der Waals surface area contributed by atoms with E-state index in [9.17, 15) is 0 Å². The molecule has 12 heavy (non-hydrogen) atoms. The first-order valence-electron chi connectivity index (χ1n) is 4.07. The predicted molar refractivity (Wildman–Crippen MR) is 50.8 cm³/mol. The minimum absolute atomic E-state index is 0.0254. The van der Waals surface area contributed by atoms with Gasteiger partial charge < -0.3 is 10.2 Å². The molecule has 0 unspecified atom stereocenters. The van der Waals surface area contributed by atoms with Crippen molar-refractivity contribution in [1.29, 1.82) is 0 Å². The van der Waals surface area contributed by atoms with E-state index >= 15 is 0 Å². The molecule has 0 amide bonds. The molecule has 0 bridgehead atoms. The first-order valence-corrected chi connectivity index (χ1v) is 4.07. The topological polar surface area (TPSA) is 40.5 Å². The van der Waals surface area contributed by atoms with E-state index < -0.39 is 5.41 Å². The van der Waals surface area contributed by atoms with E-state index in [1.165, 1.54) is 0 Å². The quantitative estimate of drug-likeness (QED) is 0.593. The van der Waals surface area contributed by atoms with Gasteiger partial charge in [0.2, 0.25) is 0 Å². The largest absolute Gasteiger partial charge is 0.396 e. The second kappa shape index (κ2) is 5.12. The first kappa shape index (κ1) is 11.4. The Morgan fingerprint density at radius 3 is 2.17 bits per heavy atom. The van der Waals surface area contributed by atoms with E-state index in [4.69, 9.17) is 10.2 Å². The van der Waals surface area contributed by atoms with Crippen LogP contribution in [0.2, 0.25) is 0 Å². The van der Waals surface area contributed by atoms with E-state index in [-0.39, 0.29) is 13.2 Å². The van der Waals surface area contributed by atoms with Gasteiger partial charge in [0, 0.05) is 5.41 Å². The molecule has 0 spiro atoms. The molecular formula is C10H18O2. The van der Waals surface area contributed by atoms with E-state index in [0.717, 1.165) is 5.57 Å². The van der Waals surface area contributed by atoms with E-state index in [1.807, 2.05) is 6.92 Å². The number of allylic oxidation sites excluding steroid dienone is 2. The average Bonchev–Trinajstić information content (AvgIpc) is 2.03. The third-order valence-electron chi connectivity index (χ3n) is 1.92. The standard InChI is InChI=1S/C10H18O2/c1-4-5-10(7-11,8-12)6-9(2)3/h4,11-12H,1-2,5-8H2,3H3. The van der Waals surface area contributed by atoms with Crippen LogP contribution in [0.4, 0.5) is 0 Å². The van der Waals surface area contributed by atoms with Gasteiger partial charge >= 0.3 is 0 Å². The summed E-state index contributed by atoms with van der Waals surface area (Å²) < 4.78 is 0. The van der Waals surface area contributed by atoms with Crippen LogP contribution in [0.3, 0.4) is 0 Å². The van der Waals surface area contributed by atoms with Gasteiger partial charge in [0.05, 0.1) is 13.2 Å². The molecule has 0 aliphatic heterocycles. The Morgan fingerprint density at radius 1 is 1.42 bits per heavy atom. The summed E-state index contributed by atoms with van der Waals surface area (Å²) in [6, 6.07) is 0. The highest BCUT2D eigenvalue weighted by Gasteiger charge is 2.26. The molecule has 0 atom stereocenters. The van der Waals surface area contributed by atoms with Crippen LogP contribution in [0.15, 0.2) is 24.8 Å². The van der Waals surface area contributed by atoms with E-state index in [0.29, 0.717) is 12.8 Å². The zero-order valence-electron chi connectivity index (χ0n) is 7.71. The third kappa shape index (κ3) is 3.20. The van der Waals surface area contributed by atoms with Gasteiger partial charge in [-0.3, -0.25) is 0 Å².